The Morgan fingerprint density at radius 2 is 2.08 bits per heavy atom. The van der Waals surface area contributed by atoms with E-state index in [9.17, 15) is 0 Å². The first kappa shape index (κ1) is 10.1. The number of hydrogen-bond acceptors (Lipinski definition) is 3. The van der Waals surface area contributed by atoms with Crippen LogP contribution in [0.3, 0.4) is 0 Å². The number of ether oxygens (including phenoxy) is 1. The van der Waals surface area contributed by atoms with Crippen molar-refractivity contribution >= 4 is 12.6 Å². The zero-order chi connectivity index (χ0) is 9.84. The fourth-order valence-electron chi connectivity index (χ4n) is 1.24. The summed E-state index contributed by atoms with van der Waals surface area (Å²) in [6.45, 7) is 1.99. The summed E-state index contributed by atoms with van der Waals surface area (Å²) in [5.74, 6) is 0.784. The normalized spacial score (nSPS) is 9.85. The Morgan fingerprint density at radius 1 is 1.38 bits per heavy atom. The van der Waals surface area contributed by atoms with Crippen LogP contribution in [0.1, 0.15) is 12.5 Å². The molecular weight excluding hydrogens is 167 g/mol. The van der Waals surface area contributed by atoms with Crippen molar-refractivity contribution in [1.82, 2.24) is 0 Å². The summed E-state index contributed by atoms with van der Waals surface area (Å²) in [7, 11) is 0.194. The second kappa shape index (κ2) is 4.30. The fraction of sp³-hybridized carbons (Fsp3) is 0.333. The molecule has 3 nitrogen and oxygen atoms in total. The van der Waals surface area contributed by atoms with Gasteiger partial charge in [-0.1, -0.05) is 19.1 Å². The standard InChI is InChI=1S/C9H13BO3/c1-3-7-6-8(10(11)12)4-5-9(7)13-2/h4-6,11-12H,3H2,1-2H3. The molecule has 0 amide bonds. The van der Waals surface area contributed by atoms with Gasteiger partial charge in [-0.15, -0.1) is 0 Å². The van der Waals surface area contributed by atoms with Crippen molar-refractivity contribution in [3.63, 3.8) is 0 Å². The van der Waals surface area contributed by atoms with Gasteiger partial charge in [-0.25, -0.2) is 0 Å². The summed E-state index contributed by atoms with van der Waals surface area (Å²) in [4.78, 5) is 0. The average Bonchev–Trinajstić information content (AvgIpc) is 2.16. The third kappa shape index (κ3) is 2.23. The Bertz CT molecular complexity index is 286. The lowest BCUT2D eigenvalue weighted by Crippen LogP contribution is -2.29. The van der Waals surface area contributed by atoms with Crippen molar-refractivity contribution in [2.45, 2.75) is 13.3 Å². The van der Waals surface area contributed by atoms with Crippen molar-refractivity contribution in [1.29, 1.82) is 0 Å². The van der Waals surface area contributed by atoms with E-state index in [4.69, 9.17) is 14.8 Å². The van der Waals surface area contributed by atoms with Crippen LogP contribution >= 0.6 is 0 Å². The number of hydrogen-bond donors (Lipinski definition) is 2. The van der Waals surface area contributed by atoms with Gasteiger partial charge >= 0.3 is 7.12 Å². The summed E-state index contributed by atoms with van der Waals surface area (Å²) >= 11 is 0. The Morgan fingerprint density at radius 3 is 2.54 bits per heavy atom. The van der Waals surface area contributed by atoms with Crippen molar-refractivity contribution in [2.24, 2.45) is 0 Å². The van der Waals surface area contributed by atoms with Gasteiger partial charge in [-0.05, 0) is 23.5 Å². The minimum Gasteiger partial charge on any atom is -0.496 e. The smallest absolute Gasteiger partial charge is 0.488 e. The predicted molar refractivity (Wildman–Crippen MR) is 52.2 cm³/mol. The van der Waals surface area contributed by atoms with Gasteiger partial charge in [-0.2, -0.15) is 0 Å². The van der Waals surface area contributed by atoms with Gasteiger partial charge in [-0.3, -0.25) is 0 Å². The van der Waals surface area contributed by atoms with Crippen LogP contribution < -0.4 is 10.2 Å². The Kier molecular flexibility index (Phi) is 3.34. The molecule has 0 aliphatic rings. The van der Waals surface area contributed by atoms with Crippen LogP contribution in [0.25, 0.3) is 0 Å². The van der Waals surface area contributed by atoms with Crippen LogP contribution in [0, 0.1) is 0 Å². The van der Waals surface area contributed by atoms with Gasteiger partial charge in [0.25, 0.3) is 0 Å². The van der Waals surface area contributed by atoms with Gasteiger partial charge in [0, 0.05) is 0 Å². The van der Waals surface area contributed by atoms with Gasteiger partial charge in [0.1, 0.15) is 5.75 Å². The lowest BCUT2D eigenvalue weighted by molar-refractivity contribution is 0.409. The number of benzene rings is 1. The first-order valence-electron chi connectivity index (χ1n) is 4.22. The molecule has 0 saturated carbocycles. The Labute approximate surface area is 78.1 Å². The molecule has 0 spiro atoms. The van der Waals surface area contributed by atoms with Crippen molar-refractivity contribution in [3.05, 3.63) is 23.8 Å². The summed E-state index contributed by atoms with van der Waals surface area (Å²) in [5, 5.41) is 17.8. The van der Waals surface area contributed by atoms with E-state index in [0.29, 0.717) is 5.46 Å². The van der Waals surface area contributed by atoms with Crippen LogP contribution in [0.4, 0.5) is 0 Å². The first-order chi connectivity index (χ1) is 6.19. The number of rotatable bonds is 3. The van der Waals surface area contributed by atoms with E-state index < -0.39 is 7.12 Å². The SMILES string of the molecule is CCc1cc(B(O)O)ccc1OC. The molecule has 70 valence electrons. The molecule has 0 aliphatic carbocycles. The van der Waals surface area contributed by atoms with Crippen molar-refractivity contribution < 1.29 is 14.8 Å². The van der Waals surface area contributed by atoms with Crippen molar-refractivity contribution in [2.75, 3.05) is 7.11 Å². The zero-order valence-electron chi connectivity index (χ0n) is 7.82. The highest BCUT2D eigenvalue weighted by Gasteiger charge is 2.12. The fourth-order valence-corrected chi connectivity index (χ4v) is 1.24. The molecule has 0 unspecified atom stereocenters. The van der Waals surface area contributed by atoms with Crippen LogP contribution in [0.2, 0.25) is 0 Å². The summed E-state index contributed by atoms with van der Waals surface area (Å²) in [6, 6.07) is 5.12. The lowest BCUT2D eigenvalue weighted by atomic mass is 9.79. The quantitative estimate of drug-likeness (QED) is 0.640. The molecule has 1 aromatic carbocycles. The van der Waals surface area contributed by atoms with E-state index in [-0.39, 0.29) is 0 Å². The maximum absolute atomic E-state index is 8.92. The second-order valence-electron chi connectivity index (χ2n) is 2.80. The Hall–Kier alpha value is -0.995. The average molecular weight is 180 g/mol. The molecule has 1 rings (SSSR count). The maximum atomic E-state index is 8.92. The molecule has 2 N–H and O–H groups in total. The van der Waals surface area contributed by atoms with Crippen LogP contribution in [-0.2, 0) is 6.42 Å². The highest BCUT2D eigenvalue weighted by atomic mass is 16.5. The van der Waals surface area contributed by atoms with Gasteiger partial charge in [0.2, 0.25) is 0 Å². The third-order valence-electron chi connectivity index (χ3n) is 1.98. The third-order valence-corrected chi connectivity index (χ3v) is 1.98. The summed E-state index contributed by atoms with van der Waals surface area (Å²) in [6.07, 6.45) is 0.809. The van der Waals surface area contributed by atoms with Crippen LogP contribution in [0.15, 0.2) is 18.2 Å². The molecule has 13 heavy (non-hydrogen) atoms. The van der Waals surface area contributed by atoms with E-state index in [1.807, 2.05) is 6.92 Å². The van der Waals surface area contributed by atoms with E-state index in [2.05, 4.69) is 0 Å². The zero-order valence-corrected chi connectivity index (χ0v) is 7.82. The molecule has 0 saturated heterocycles. The van der Waals surface area contributed by atoms with Gasteiger partial charge < -0.3 is 14.8 Å². The van der Waals surface area contributed by atoms with E-state index in [1.165, 1.54) is 0 Å². The minimum absolute atomic E-state index is 0.498. The highest BCUT2D eigenvalue weighted by molar-refractivity contribution is 6.58. The van der Waals surface area contributed by atoms with Crippen LogP contribution in [0.5, 0.6) is 5.75 Å². The maximum Gasteiger partial charge on any atom is 0.488 e. The largest absolute Gasteiger partial charge is 0.496 e. The second-order valence-corrected chi connectivity index (χ2v) is 2.80. The number of methoxy groups -OCH3 is 1. The molecule has 0 bridgehead atoms. The van der Waals surface area contributed by atoms with Gasteiger partial charge in [0.15, 0.2) is 0 Å². The molecule has 0 radical (unpaired) electrons. The first-order valence-corrected chi connectivity index (χ1v) is 4.22. The molecule has 1 aromatic rings. The molecule has 0 fully saturated rings. The highest BCUT2D eigenvalue weighted by Crippen LogP contribution is 2.16. The molecular formula is C9H13BO3. The van der Waals surface area contributed by atoms with Crippen LogP contribution in [-0.4, -0.2) is 24.3 Å². The Balaban J connectivity index is 3.05. The number of aryl methyl sites for hydroxylation is 1. The molecule has 0 atom stereocenters. The minimum atomic E-state index is -1.41. The van der Waals surface area contributed by atoms with E-state index >= 15 is 0 Å². The monoisotopic (exact) mass is 180 g/mol. The molecule has 0 heterocycles. The molecule has 0 aliphatic heterocycles. The lowest BCUT2D eigenvalue weighted by Gasteiger charge is -2.08. The van der Waals surface area contributed by atoms with Crippen molar-refractivity contribution in [3.8, 4) is 5.75 Å². The molecule has 4 heteroatoms. The summed E-state index contributed by atoms with van der Waals surface area (Å²) < 4.78 is 5.11. The van der Waals surface area contributed by atoms with Gasteiger partial charge in [0.05, 0.1) is 7.11 Å². The summed E-state index contributed by atoms with van der Waals surface area (Å²) in [5.41, 5.74) is 1.48. The van der Waals surface area contributed by atoms with E-state index in [0.717, 1.165) is 17.7 Å². The predicted octanol–water partition coefficient (Wildman–Crippen LogP) is -0.0626. The topological polar surface area (TPSA) is 49.7 Å². The molecule has 0 aromatic heterocycles. The van der Waals surface area contributed by atoms with E-state index in [1.54, 1.807) is 25.3 Å².